The molecule has 0 radical (unpaired) electrons. The molecule has 4 aliphatic rings. The Morgan fingerprint density at radius 2 is 1.90 bits per heavy atom. The second-order valence-corrected chi connectivity index (χ2v) is 7.90. The van der Waals surface area contributed by atoms with Gasteiger partial charge in [-0.05, 0) is 25.2 Å². The van der Waals surface area contributed by atoms with Crippen molar-refractivity contribution in [1.82, 2.24) is 0 Å². The monoisotopic (exact) mass is 295 g/mol. The molecule has 21 heavy (non-hydrogen) atoms. The molecule has 2 saturated heterocycles. The lowest BCUT2D eigenvalue weighted by molar-refractivity contribution is -0.924. The highest BCUT2D eigenvalue weighted by atomic mass is 16.6. The Bertz CT molecular complexity index is 497. The molecule has 5 nitrogen and oxygen atoms in total. The number of hydrogen-bond acceptors (Lipinski definition) is 4. The van der Waals surface area contributed by atoms with E-state index >= 15 is 0 Å². The van der Waals surface area contributed by atoms with Crippen LogP contribution >= 0.6 is 0 Å². The number of quaternary nitrogens is 1. The van der Waals surface area contributed by atoms with Crippen molar-refractivity contribution in [2.24, 2.45) is 17.3 Å². The number of carbonyl (C=O) groups excluding carboxylic acids is 1. The Morgan fingerprint density at radius 1 is 1.24 bits per heavy atom. The Kier molecular flexibility index (Phi) is 2.74. The van der Waals surface area contributed by atoms with Gasteiger partial charge in [0.1, 0.15) is 0 Å². The van der Waals surface area contributed by atoms with E-state index in [1.54, 1.807) is 0 Å². The minimum absolute atomic E-state index is 0.00421. The van der Waals surface area contributed by atoms with Gasteiger partial charge in [0.05, 0.1) is 30.7 Å². The van der Waals surface area contributed by atoms with Gasteiger partial charge >= 0.3 is 0 Å². The highest BCUT2D eigenvalue weighted by Crippen LogP contribution is 2.68. The largest absolute Gasteiger partial charge is 0.632 e. The molecule has 2 N–H and O–H groups in total. The zero-order valence-electron chi connectivity index (χ0n) is 12.6. The number of ketones is 1. The molecule has 2 aliphatic heterocycles. The highest BCUT2D eigenvalue weighted by Gasteiger charge is 2.79. The van der Waals surface area contributed by atoms with Crippen LogP contribution in [-0.4, -0.2) is 51.5 Å². The number of hydroxylamine groups is 3. The average Bonchev–Trinajstić information content (AvgIpc) is 2.92. The summed E-state index contributed by atoms with van der Waals surface area (Å²) in [5.41, 5.74) is -1.64. The zero-order chi connectivity index (χ0) is 15.0. The summed E-state index contributed by atoms with van der Waals surface area (Å²) in [4.78, 5) is 12.9. The molecular formula is C16H25NO4. The molecule has 7 atom stereocenters. The van der Waals surface area contributed by atoms with Crippen LogP contribution in [0.4, 0.5) is 0 Å². The maximum atomic E-state index is 13.4. The van der Waals surface area contributed by atoms with Crippen LogP contribution < -0.4 is 0 Å². The van der Waals surface area contributed by atoms with E-state index in [1.165, 1.54) is 0 Å². The summed E-state index contributed by atoms with van der Waals surface area (Å²) in [5, 5.41) is 35.0. The normalized spacial score (nSPS) is 59.5. The third-order valence-corrected chi connectivity index (χ3v) is 7.35. The fraction of sp³-hybridized carbons (Fsp3) is 0.938. The first-order valence-corrected chi connectivity index (χ1v) is 8.37. The van der Waals surface area contributed by atoms with E-state index < -0.39 is 27.8 Å². The van der Waals surface area contributed by atoms with Crippen molar-refractivity contribution in [1.29, 1.82) is 0 Å². The first-order chi connectivity index (χ1) is 9.89. The van der Waals surface area contributed by atoms with Gasteiger partial charge in [-0.3, -0.25) is 4.79 Å². The van der Waals surface area contributed by atoms with Gasteiger partial charge in [0.2, 0.25) is 0 Å². The quantitative estimate of drug-likeness (QED) is 0.515. The smallest absolute Gasteiger partial charge is 0.194 e. The van der Waals surface area contributed by atoms with E-state index in [0.717, 1.165) is 19.3 Å². The van der Waals surface area contributed by atoms with Gasteiger partial charge in [-0.1, -0.05) is 6.92 Å². The van der Waals surface area contributed by atoms with Crippen molar-refractivity contribution in [3.05, 3.63) is 5.21 Å². The maximum Gasteiger partial charge on any atom is 0.194 e. The molecule has 0 unspecified atom stereocenters. The molecule has 4 fully saturated rings. The first kappa shape index (κ1) is 14.1. The Balaban J connectivity index is 1.92. The molecule has 2 saturated carbocycles. The van der Waals surface area contributed by atoms with E-state index in [9.17, 15) is 20.2 Å². The number of nitrogens with zero attached hydrogens (tertiary/aromatic N) is 1. The Hall–Kier alpha value is -0.490. The lowest BCUT2D eigenvalue weighted by Crippen LogP contribution is -2.74. The van der Waals surface area contributed by atoms with Crippen molar-refractivity contribution in [2.45, 2.75) is 63.2 Å². The third-order valence-electron chi connectivity index (χ3n) is 7.35. The summed E-state index contributed by atoms with van der Waals surface area (Å²) in [5.74, 6) is -0.212. The molecule has 0 bridgehead atoms. The summed E-state index contributed by atoms with van der Waals surface area (Å²) in [6.45, 7) is 2.93. The molecule has 0 aromatic carbocycles. The van der Waals surface area contributed by atoms with Crippen molar-refractivity contribution < 1.29 is 19.7 Å². The van der Waals surface area contributed by atoms with Crippen LogP contribution in [0.25, 0.3) is 0 Å². The molecular weight excluding hydrogens is 270 g/mol. The second-order valence-electron chi connectivity index (χ2n) is 7.90. The summed E-state index contributed by atoms with van der Waals surface area (Å²) in [6, 6.07) is 0. The predicted octanol–water partition coefficient (Wildman–Crippen LogP) is 0.964. The number of piperidine rings is 1. The van der Waals surface area contributed by atoms with Crippen LogP contribution in [0, 0.1) is 22.5 Å². The van der Waals surface area contributed by atoms with Crippen LogP contribution in [0.3, 0.4) is 0 Å². The molecule has 2 spiro atoms. The predicted molar refractivity (Wildman–Crippen MR) is 75.9 cm³/mol. The van der Waals surface area contributed by atoms with Crippen LogP contribution in [0.2, 0.25) is 0 Å². The summed E-state index contributed by atoms with van der Waals surface area (Å²) >= 11 is 0. The van der Waals surface area contributed by atoms with Gasteiger partial charge in [-0.2, -0.15) is 0 Å². The van der Waals surface area contributed by atoms with Gasteiger partial charge in [0.15, 0.2) is 11.3 Å². The SMILES string of the molecule is C[C@H]1C[C@H](O)[C@]23CCC[N@+]4([O-])CCC[C@]24C(=O)C[C@@H]3[C@H]1O. The highest BCUT2D eigenvalue weighted by molar-refractivity contribution is 5.92. The van der Waals surface area contributed by atoms with E-state index in [0.29, 0.717) is 25.9 Å². The summed E-state index contributed by atoms with van der Waals surface area (Å²) in [6.07, 6.45) is 2.44. The lowest BCUT2D eigenvalue weighted by Gasteiger charge is -2.64. The van der Waals surface area contributed by atoms with Gasteiger partial charge in [0.25, 0.3) is 0 Å². The number of carbonyl (C=O) groups is 1. The van der Waals surface area contributed by atoms with Crippen molar-refractivity contribution in [3.63, 3.8) is 0 Å². The van der Waals surface area contributed by atoms with E-state index in [2.05, 4.69) is 0 Å². The van der Waals surface area contributed by atoms with Crippen molar-refractivity contribution >= 4 is 5.78 Å². The Morgan fingerprint density at radius 3 is 2.62 bits per heavy atom. The Labute approximate surface area is 125 Å². The minimum Gasteiger partial charge on any atom is -0.632 e. The van der Waals surface area contributed by atoms with E-state index in [1.807, 2.05) is 6.92 Å². The van der Waals surface area contributed by atoms with Gasteiger partial charge in [-0.25, -0.2) is 0 Å². The lowest BCUT2D eigenvalue weighted by atomic mass is 9.52. The van der Waals surface area contributed by atoms with Crippen molar-refractivity contribution in [3.8, 4) is 0 Å². The minimum atomic E-state index is -0.962. The number of aliphatic hydroxyl groups is 2. The fourth-order valence-electron chi connectivity index (χ4n) is 6.62. The fourth-order valence-corrected chi connectivity index (χ4v) is 6.62. The third kappa shape index (κ3) is 1.31. The van der Waals surface area contributed by atoms with Gasteiger partial charge in [0, 0.05) is 25.2 Å². The molecule has 0 aromatic heterocycles. The first-order valence-electron chi connectivity index (χ1n) is 8.37. The second kappa shape index (κ2) is 4.07. The van der Waals surface area contributed by atoms with Crippen molar-refractivity contribution in [2.75, 3.05) is 13.1 Å². The van der Waals surface area contributed by atoms with E-state index in [4.69, 9.17) is 0 Å². The molecule has 118 valence electrons. The van der Waals surface area contributed by atoms with Gasteiger partial charge in [-0.15, -0.1) is 0 Å². The molecule has 2 aliphatic carbocycles. The molecule has 0 aromatic rings. The topological polar surface area (TPSA) is 80.6 Å². The van der Waals surface area contributed by atoms with Crippen LogP contribution in [0.1, 0.15) is 45.4 Å². The molecule has 2 heterocycles. The maximum absolute atomic E-state index is 13.4. The molecule has 5 heteroatoms. The number of Topliss-reactive ketones (excluding diaryl/α,β-unsaturated/α-hetero) is 1. The van der Waals surface area contributed by atoms with Crippen LogP contribution in [0.5, 0.6) is 0 Å². The standard InChI is InChI=1S/C16H25NO4/c1-10-8-12(18)15-4-2-6-17(21)7-3-5-16(15,17)13(19)9-11(15)14(10)20/h10-12,14,18,20H,2-9H2,1H3/t10-,11+,12-,14-,15+,16-,17-/m0/s1. The molecule has 4 rings (SSSR count). The van der Waals surface area contributed by atoms with E-state index in [-0.39, 0.29) is 24.0 Å². The summed E-state index contributed by atoms with van der Waals surface area (Å²) < 4.78 is -0.430. The van der Waals surface area contributed by atoms with Crippen LogP contribution in [0.15, 0.2) is 0 Å². The average molecular weight is 295 g/mol. The summed E-state index contributed by atoms with van der Waals surface area (Å²) in [7, 11) is 0. The van der Waals surface area contributed by atoms with Crippen LogP contribution in [-0.2, 0) is 4.79 Å². The van der Waals surface area contributed by atoms with Gasteiger partial charge < -0.3 is 20.1 Å². The number of aliphatic hydroxyl groups excluding tert-OH is 2. The zero-order valence-corrected chi connectivity index (χ0v) is 12.6. The number of hydrogen-bond donors (Lipinski definition) is 2. The molecule has 0 amide bonds. The number of rotatable bonds is 0.